The average Bonchev–Trinajstić information content (AvgIpc) is 2.71. The maximum Gasteiger partial charge on any atom is 0.0707 e. The van der Waals surface area contributed by atoms with Gasteiger partial charge in [-0.3, -0.25) is 0 Å². The SMILES string of the molecule is CCCC1CCCN(CC2CCC(CN)O2)CC1. The topological polar surface area (TPSA) is 38.5 Å². The molecule has 0 aromatic rings. The molecule has 2 fully saturated rings. The zero-order valence-electron chi connectivity index (χ0n) is 11.9. The van der Waals surface area contributed by atoms with E-state index in [9.17, 15) is 0 Å². The van der Waals surface area contributed by atoms with Crippen molar-refractivity contribution in [2.24, 2.45) is 11.7 Å². The van der Waals surface area contributed by atoms with Gasteiger partial charge in [0.2, 0.25) is 0 Å². The molecule has 0 bridgehead atoms. The van der Waals surface area contributed by atoms with Crippen molar-refractivity contribution in [1.82, 2.24) is 4.90 Å². The van der Waals surface area contributed by atoms with Gasteiger partial charge in [0.25, 0.3) is 0 Å². The quantitative estimate of drug-likeness (QED) is 0.819. The molecular weight excluding hydrogens is 224 g/mol. The zero-order valence-corrected chi connectivity index (χ0v) is 11.9. The van der Waals surface area contributed by atoms with Gasteiger partial charge in [-0.05, 0) is 51.1 Å². The molecule has 2 heterocycles. The minimum Gasteiger partial charge on any atom is -0.372 e. The Morgan fingerprint density at radius 3 is 2.67 bits per heavy atom. The molecule has 3 unspecified atom stereocenters. The van der Waals surface area contributed by atoms with Crippen molar-refractivity contribution in [2.45, 2.75) is 64.1 Å². The van der Waals surface area contributed by atoms with Crippen LogP contribution in [0.25, 0.3) is 0 Å². The monoisotopic (exact) mass is 254 g/mol. The molecule has 18 heavy (non-hydrogen) atoms. The first-order chi connectivity index (χ1) is 8.81. The number of likely N-dealkylation sites (tertiary alicyclic amines) is 1. The van der Waals surface area contributed by atoms with Gasteiger partial charge < -0.3 is 15.4 Å². The number of hydrogen-bond donors (Lipinski definition) is 1. The van der Waals surface area contributed by atoms with Crippen molar-refractivity contribution in [1.29, 1.82) is 0 Å². The summed E-state index contributed by atoms with van der Waals surface area (Å²) < 4.78 is 5.96. The van der Waals surface area contributed by atoms with Crippen LogP contribution in [-0.4, -0.2) is 43.3 Å². The van der Waals surface area contributed by atoms with E-state index in [0.717, 1.165) is 18.9 Å². The van der Waals surface area contributed by atoms with Gasteiger partial charge in [-0.1, -0.05) is 19.8 Å². The summed E-state index contributed by atoms with van der Waals surface area (Å²) in [6, 6.07) is 0. The second kappa shape index (κ2) is 7.46. The lowest BCUT2D eigenvalue weighted by molar-refractivity contribution is 0.0275. The number of hydrogen-bond acceptors (Lipinski definition) is 3. The van der Waals surface area contributed by atoms with Gasteiger partial charge in [-0.2, -0.15) is 0 Å². The summed E-state index contributed by atoms with van der Waals surface area (Å²) in [6.07, 6.45) is 10.1. The first kappa shape index (κ1) is 14.3. The molecule has 0 aliphatic carbocycles. The van der Waals surface area contributed by atoms with Gasteiger partial charge in [0.15, 0.2) is 0 Å². The van der Waals surface area contributed by atoms with E-state index in [1.807, 2.05) is 0 Å². The highest BCUT2D eigenvalue weighted by molar-refractivity contribution is 4.79. The van der Waals surface area contributed by atoms with Crippen LogP contribution >= 0.6 is 0 Å². The first-order valence-corrected chi connectivity index (χ1v) is 7.89. The molecule has 0 aromatic heterocycles. The number of nitrogens with zero attached hydrogens (tertiary/aromatic N) is 1. The Kier molecular flexibility index (Phi) is 5.93. The third-order valence-electron chi connectivity index (χ3n) is 4.56. The second-order valence-electron chi connectivity index (χ2n) is 6.08. The van der Waals surface area contributed by atoms with Gasteiger partial charge in [-0.15, -0.1) is 0 Å². The Hall–Kier alpha value is -0.120. The lowest BCUT2D eigenvalue weighted by Gasteiger charge is -2.24. The van der Waals surface area contributed by atoms with Crippen molar-refractivity contribution in [2.75, 3.05) is 26.2 Å². The van der Waals surface area contributed by atoms with Crippen LogP contribution in [0.15, 0.2) is 0 Å². The summed E-state index contributed by atoms with van der Waals surface area (Å²) in [4.78, 5) is 2.62. The molecule has 3 heteroatoms. The molecule has 2 aliphatic heterocycles. The Balaban J connectivity index is 1.70. The van der Waals surface area contributed by atoms with E-state index in [-0.39, 0.29) is 0 Å². The molecule has 106 valence electrons. The number of rotatable bonds is 5. The Labute approximate surface area is 112 Å². The molecule has 0 aromatic carbocycles. The van der Waals surface area contributed by atoms with Crippen LogP contribution in [0, 0.1) is 5.92 Å². The molecule has 0 radical (unpaired) electrons. The largest absolute Gasteiger partial charge is 0.372 e. The van der Waals surface area contributed by atoms with Gasteiger partial charge in [0.1, 0.15) is 0 Å². The summed E-state index contributed by atoms with van der Waals surface area (Å²) in [5, 5.41) is 0. The Morgan fingerprint density at radius 2 is 1.94 bits per heavy atom. The zero-order chi connectivity index (χ0) is 12.8. The smallest absolute Gasteiger partial charge is 0.0707 e. The van der Waals surface area contributed by atoms with Crippen molar-refractivity contribution < 1.29 is 4.74 Å². The van der Waals surface area contributed by atoms with E-state index in [2.05, 4.69) is 11.8 Å². The van der Waals surface area contributed by atoms with Gasteiger partial charge in [0, 0.05) is 13.1 Å². The highest BCUT2D eigenvalue weighted by atomic mass is 16.5. The maximum absolute atomic E-state index is 5.96. The highest BCUT2D eigenvalue weighted by Crippen LogP contribution is 2.24. The summed E-state index contributed by atoms with van der Waals surface area (Å²) in [6.45, 7) is 6.68. The number of ether oxygens (including phenoxy) is 1. The summed E-state index contributed by atoms with van der Waals surface area (Å²) in [7, 11) is 0. The molecule has 0 saturated carbocycles. The molecule has 0 amide bonds. The van der Waals surface area contributed by atoms with E-state index >= 15 is 0 Å². The lowest BCUT2D eigenvalue weighted by Crippen LogP contribution is -2.34. The third-order valence-corrected chi connectivity index (χ3v) is 4.56. The Bertz CT molecular complexity index is 235. The van der Waals surface area contributed by atoms with Crippen LogP contribution in [0.2, 0.25) is 0 Å². The second-order valence-corrected chi connectivity index (χ2v) is 6.08. The van der Waals surface area contributed by atoms with Gasteiger partial charge >= 0.3 is 0 Å². The van der Waals surface area contributed by atoms with Crippen LogP contribution in [-0.2, 0) is 4.74 Å². The average molecular weight is 254 g/mol. The molecule has 3 atom stereocenters. The molecule has 2 rings (SSSR count). The van der Waals surface area contributed by atoms with Crippen molar-refractivity contribution >= 4 is 0 Å². The molecule has 3 nitrogen and oxygen atoms in total. The standard InChI is InChI=1S/C15H30N2O/c1-2-4-13-5-3-9-17(10-8-13)12-15-7-6-14(11-16)18-15/h13-15H,2-12,16H2,1H3. The summed E-state index contributed by atoms with van der Waals surface area (Å²) in [5.41, 5.74) is 5.67. The fourth-order valence-electron chi connectivity index (χ4n) is 3.48. The van der Waals surface area contributed by atoms with Crippen molar-refractivity contribution in [3.8, 4) is 0 Å². The first-order valence-electron chi connectivity index (χ1n) is 7.89. The van der Waals surface area contributed by atoms with E-state index in [1.54, 1.807) is 0 Å². The van der Waals surface area contributed by atoms with Crippen LogP contribution in [0.1, 0.15) is 51.9 Å². The van der Waals surface area contributed by atoms with Gasteiger partial charge in [-0.25, -0.2) is 0 Å². The van der Waals surface area contributed by atoms with E-state index in [1.165, 1.54) is 51.6 Å². The fourth-order valence-corrected chi connectivity index (χ4v) is 3.48. The summed E-state index contributed by atoms with van der Waals surface area (Å²) >= 11 is 0. The van der Waals surface area contributed by atoms with E-state index < -0.39 is 0 Å². The number of nitrogens with two attached hydrogens (primary N) is 1. The minimum atomic E-state index is 0.329. The molecular formula is C15H30N2O. The van der Waals surface area contributed by atoms with E-state index in [0.29, 0.717) is 18.8 Å². The van der Waals surface area contributed by atoms with Crippen LogP contribution in [0.4, 0.5) is 0 Å². The predicted molar refractivity (Wildman–Crippen MR) is 75.6 cm³/mol. The van der Waals surface area contributed by atoms with Crippen LogP contribution < -0.4 is 5.73 Å². The molecule has 2 aliphatic rings. The third kappa shape index (κ3) is 4.22. The van der Waals surface area contributed by atoms with Crippen molar-refractivity contribution in [3.63, 3.8) is 0 Å². The van der Waals surface area contributed by atoms with Crippen LogP contribution in [0.3, 0.4) is 0 Å². The normalized spacial score (nSPS) is 34.7. The van der Waals surface area contributed by atoms with Crippen molar-refractivity contribution in [3.05, 3.63) is 0 Å². The molecule has 2 N–H and O–H groups in total. The van der Waals surface area contributed by atoms with E-state index in [4.69, 9.17) is 10.5 Å². The Morgan fingerprint density at radius 1 is 1.11 bits per heavy atom. The molecule has 0 spiro atoms. The molecule has 2 saturated heterocycles. The predicted octanol–water partition coefficient (Wildman–Crippen LogP) is 2.39. The maximum atomic E-state index is 5.96. The minimum absolute atomic E-state index is 0.329. The van der Waals surface area contributed by atoms with Crippen LogP contribution in [0.5, 0.6) is 0 Å². The fraction of sp³-hybridized carbons (Fsp3) is 1.00. The highest BCUT2D eigenvalue weighted by Gasteiger charge is 2.26. The van der Waals surface area contributed by atoms with Gasteiger partial charge in [0.05, 0.1) is 12.2 Å². The summed E-state index contributed by atoms with van der Waals surface area (Å²) in [5.74, 6) is 0.973. The lowest BCUT2D eigenvalue weighted by atomic mass is 9.96.